The highest BCUT2D eigenvalue weighted by Gasteiger charge is 2.14. The number of halogens is 1. The Hall–Kier alpha value is -2.06. The highest BCUT2D eigenvalue weighted by atomic mass is 79.9. The number of hydrogen-bond acceptors (Lipinski definition) is 0. The van der Waals surface area contributed by atoms with Crippen LogP contribution in [0.25, 0.3) is 28.6 Å². The molecule has 0 fully saturated rings. The first kappa shape index (κ1) is 12.9. The molecule has 1 heterocycles. The molecule has 0 amide bonds. The van der Waals surface area contributed by atoms with Gasteiger partial charge in [0.2, 0.25) is 0 Å². The lowest BCUT2D eigenvalue weighted by molar-refractivity contribution is 1.14. The van der Waals surface area contributed by atoms with Crippen molar-refractivity contribution in [2.24, 2.45) is 0 Å². The second-order valence-corrected chi connectivity index (χ2v) is 5.33. The molecule has 20 heavy (non-hydrogen) atoms. The van der Waals surface area contributed by atoms with E-state index < -0.39 is 0 Å². The maximum atomic E-state index is 3.92. The number of benzene rings is 2. The molecule has 0 bridgehead atoms. The number of rotatable bonds is 3. The fraction of sp³-hybridized carbons (Fsp3) is 0. The van der Waals surface area contributed by atoms with E-state index in [0.29, 0.717) is 0 Å². The predicted octanol–water partition coefficient (Wildman–Crippen LogP) is 5.69. The van der Waals surface area contributed by atoms with E-state index in [2.05, 4.69) is 81.7 Å². The van der Waals surface area contributed by atoms with Crippen molar-refractivity contribution in [1.29, 1.82) is 0 Å². The van der Waals surface area contributed by atoms with E-state index in [-0.39, 0.29) is 0 Å². The fourth-order valence-electron chi connectivity index (χ4n) is 2.40. The van der Waals surface area contributed by atoms with Crippen LogP contribution >= 0.6 is 15.9 Å². The number of nitrogens with zero attached hydrogens (tertiary/aromatic N) is 1. The minimum atomic E-state index is 1.00. The van der Waals surface area contributed by atoms with Crippen LogP contribution in [0.4, 0.5) is 0 Å². The van der Waals surface area contributed by atoms with Crippen LogP contribution in [-0.4, -0.2) is 4.57 Å². The first-order valence-electron chi connectivity index (χ1n) is 6.45. The van der Waals surface area contributed by atoms with Gasteiger partial charge in [-0.3, -0.25) is 0 Å². The Morgan fingerprint density at radius 2 is 1.40 bits per heavy atom. The van der Waals surface area contributed by atoms with E-state index in [0.717, 1.165) is 10.3 Å². The van der Waals surface area contributed by atoms with E-state index in [1.165, 1.54) is 16.7 Å². The molecule has 3 aromatic rings. The lowest BCUT2D eigenvalue weighted by atomic mass is 10.0. The maximum Gasteiger partial charge on any atom is 0.0898 e. The van der Waals surface area contributed by atoms with E-state index in [9.17, 15) is 0 Å². The van der Waals surface area contributed by atoms with Crippen LogP contribution < -0.4 is 0 Å². The molecule has 1 aromatic heterocycles. The molecule has 0 saturated carbocycles. The van der Waals surface area contributed by atoms with Gasteiger partial charge in [0.15, 0.2) is 0 Å². The predicted molar refractivity (Wildman–Crippen MR) is 89.4 cm³/mol. The summed E-state index contributed by atoms with van der Waals surface area (Å²) < 4.78 is 3.07. The van der Waals surface area contributed by atoms with Gasteiger partial charge in [-0.15, -0.1) is 0 Å². The van der Waals surface area contributed by atoms with Gasteiger partial charge in [-0.05, 0) is 33.1 Å². The lowest BCUT2D eigenvalue weighted by Gasteiger charge is -2.09. The van der Waals surface area contributed by atoms with Gasteiger partial charge in [-0.25, -0.2) is 0 Å². The van der Waals surface area contributed by atoms with Crippen LogP contribution in [0.3, 0.4) is 0 Å². The molecule has 0 aliphatic carbocycles. The standard InChI is InChI=1S/C18H14BrN/c1-2-20-17(19)13-16(14-9-5-3-6-10-14)18(20)15-11-7-4-8-12-15/h2-13H,1H2. The monoisotopic (exact) mass is 323 g/mol. The smallest absolute Gasteiger partial charge is 0.0898 e. The van der Waals surface area contributed by atoms with Crippen molar-refractivity contribution in [3.05, 3.63) is 77.9 Å². The van der Waals surface area contributed by atoms with Crippen LogP contribution in [0.2, 0.25) is 0 Å². The molecule has 2 aromatic carbocycles. The molecule has 0 spiro atoms. The van der Waals surface area contributed by atoms with Gasteiger partial charge in [0.25, 0.3) is 0 Å². The summed E-state index contributed by atoms with van der Waals surface area (Å²) in [5.41, 5.74) is 4.73. The van der Waals surface area contributed by atoms with Gasteiger partial charge in [0.1, 0.15) is 0 Å². The van der Waals surface area contributed by atoms with Gasteiger partial charge in [0.05, 0.1) is 10.3 Å². The molecule has 0 aliphatic heterocycles. The number of aromatic nitrogens is 1. The molecule has 1 nitrogen and oxygen atoms in total. The van der Waals surface area contributed by atoms with Crippen LogP contribution in [0.15, 0.2) is 77.9 Å². The Bertz CT molecular complexity index is 727. The zero-order valence-corrected chi connectivity index (χ0v) is 12.5. The second kappa shape index (κ2) is 5.51. The van der Waals surface area contributed by atoms with Crippen molar-refractivity contribution in [2.45, 2.75) is 0 Å². The fourth-order valence-corrected chi connectivity index (χ4v) is 2.95. The average Bonchev–Trinajstić information content (AvgIpc) is 2.85. The summed E-state index contributed by atoms with van der Waals surface area (Å²) in [5.74, 6) is 0. The van der Waals surface area contributed by atoms with E-state index in [1.807, 2.05) is 18.3 Å². The van der Waals surface area contributed by atoms with E-state index >= 15 is 0 Å². The normalized spacial score (nSPS) is 10.4. The Kier molecular flexibility index (Phi) is 3.57. The molecule has 0 N–H and O–H groups in total. The topological polar surface area (TPSA) is 4.93 Å². The third-order valence-electron chi connectivity index (χ3n) is 3.30. The van der Waals surface area contributed by atoms with Crippen molar-refractivity contribution < 1.29 is 0 Å². The second-order valence-electron chi connectivity index (χ2n) is 4.51. The molecule has 3 rings (SSSR count). The average molecular weight is 324 g/mol. The van der Waals surface area contributed by atoms with Gasteiger partial charge in [0, 0.05) is 11.8 Å². The van der Waals surface area contributed by atoms with Crippen molar-refractivity contribution in [3.8, 4) is 22.4 Å². The number of hydrogen-bond donors (Lipinski definition) is 0. The summed E-state index contributed by atoms with van der Waals surface area (Å²) in [6.45, 7) is 3.92. The zero-order valence-electron chi connectivity index (χ0n) is 11.0. The Morgan fingerprint density at radius 1 is 0.850 bits per heavy atom. The van der Waals surface area contributed by atoms with E-state index in [1.54, 1.807) is 0 Å². The summed E-state index contributed by atoms with van der Waals surface area (Å²) in [7, 11) is 0. The van der Waals surface area contributed by atoms with Crippen LogP contribution in [-0.2, 0) is 0 Å². The molecule has 0 aliphatic rings. The van der Waals surface area contributed by atoms with Crippen molar-refractivity contribution in [1.82, 2.24) is 4.57 Å². The van der Waals surface area contributed by atoms with Crippen LogP contribution in [0, 0.1) is 0 Å². The lowest BCUT2D eigenvalue weighted by Crippen LogP contribution is -1.91. The van der Waals surface area contributed by atoms with Crippen LogP contribution in [0.1, 0.15) is 0 Å². The Morgan fingerprint density at radius 3 is 1.95 bits per heavy atom. The van der Waals surface area contributed by atoms with Gasteiger partial charge < -0.3 is 4.57 Å². The van der Waals surface area contributed by atoms with Gasteiger partial charge >= 0.3 is 0 Å². The molecule has 2 heteroatoms. The summed E-state index contributed by atoms with van der Waals surface area (Å²) >= 11 is 3.61. The van der Waals surface area contributed by atoms with Crippen LogP contribution in [0.5, 0.6) is 0 Å². The van der Waals surface area contributed by atoms with Crippen molar-refractivity contribution >= 4 is 22.1 Å². The Labute approximate surface area is 127 Å². The highest BCUT2D eigenvalue weighted by Crippen LogP contribution is 2.37. The summed E-state index contributed by atoms with van der Waals surface area (Å²) in [6.07, 6.45) is 1.83. The minimum absolute atomic E-state index is 1.00. The quantitative estimate of drug-likeness (QED) is 0.584. The maximum absolute atomic E-state index is 3.92. The largest absolute Gasteiger partial charge is 0.311 e. The molecule has 0 atom stereocenters. The third kappa shape index (κ3) is 2.23. The molecular formula is C18H14BrN. The third-order valence-corrected chi connectivity index (χ3v) is 3.92. The summed E-state index contributed by atoms with van der Waals surface area (Å²) in [5, 5.41) is 0. The summed E-state index contributed by atoms with van der Waals surface area (Å²) in [4.78, 5) is 0. The highest BCUT2D eigenvalue weighted by molar-refractivity contribution is 9.10. The minimum Gasteiger partial charge on any atom is -0.311 e. The molecule has 0 saturated heterocycles. The van der Waals surface area contributed by atoms with Crippen molar-refractivity contribution in [2.75, 3.05) is 0 Å². The SMILES string of the molecule is C=Cn1c(Br)cc(-c2ccccc2)c1-c1ccccc1. The van der Waals surface area contributed by atoms with E-state index in [4.69, 9.17) is 0 Å². The zero-order chi connectivity index (χ0) is 13.9. The molecular weight excluding hydrogens is 310 g/mol. The first-order chi connectivity index (χ1) is 9.81. The van der Waals surface area contributed by atoms with Gasteiger partial charge in [-0.1, -0.05) is 67.2 Å². The Balaban J connectivity index is 2.29. The first-order valence-corrected chi connectivity index (χ1v) is 7.24. The molecule has 0 unspecified atom stereocenters. The van der Waals surface area contributed by atoms with Gasteiger partial charge in [-0.2, -0.15) is 0 Å². The molecule has 0 radical (unpaired) electrons. The summed E-state index contributed by atoms with van der Waals surface area (Å²) in [6, 6.07) is 22.9. The molecule has 98 valence electrons. The van der Waals surface area contributed by atoms with Crippen molar-refractivity contribution in [3.63, 3.8) is 0 Å².